The molecule has 1 aliphatic carbocycles. The Morgan fingerprint density at radius 2 is 1.69 bits per heavy atom. The van der Waals surface area contributed by atoms with Gasteiger partial charge in [-0.2, -0.15) is 0 Å². The fourth-order valence-electron chi connectivity index (χ4n) is 6.28. The average molecular weight is 591 g/mol. The van der Waals surface area contributed by atoms with Gasteiger partial charge in [0.2, 0.25) is 5.91 Å². The van der Waals surface area contributed by atoms with Gasteiger partial charge in [-0.3, -0.25) is 9.59 Å². The van der Waals surface area contributed by atoms with Crippen LogP contribution in [0.1, 0.15) is 62.3 Å². The fourth-order valence-corrected chi connectivity index (χ4v) is 6.41. The molecule has 3 aromatic rings. The number of hydrogen-bond acceptors (Lipinski definition) is 5. The Morgan fingerprint density at radius 1 is 1.02 bits per heavy atom. The van der Waals surface area contributed by atoms with Crippen LogP contribution >= 0.6 is 11.6 Å². The molecule has 0 bridgehead atoms. The van der Waals surface area contributed by atoms with E-state index in [0.717, 1.165) is 60.3 Å². The van der Waals surface area contributed by atoms with E-state index in [4.69, 9.17) is 21.1 Å². The quantitative estimate of drug-likeness (QED) is 0.285. The first kappa shape index (κ1) is 29.8. The van der Waals surface area contributed by atoms with Crippen molar-refractivity contribution in [1.29, 1.82) is 0 Å². The van der Waals surface area contributed by atoms with E-state index in [1.165, 1.54) is 0 Å². The minimum absolute atomic E-state index is 0.00155. The van der Waals surface area contributed by atoms with E-state index in [1.807, 2.05) is 67.3 Å². The third-order valence-corrected chi connectivity index (χ3v) is 8.69. The Kier molecular flexibility index (Phi) is 8.97. The summed E-state index contributed by atoms with van der Waals surface area (Å²) in [6.07, 6.45) is 3.55. The smallest absolute Gasteiger partial charge is 0.306 e. The number of carbonyl (C=O) groups is 2. The number of anilines is 2. The summed E-state index contributed by atoms with van der Waals surface area (Å²) in [5.74, 6) is 0.848. The minimum Gasteiger partial charge on any atom is -0.493 e. The molecule has 1 atom stereocenters. The molecule has 7 nitrogen and oxygen atoms in total. The second kappa shape index (κ2) is 12.7. The molecule has 1 fully saturated rings. The predicted molar refractivity (Wildman–Crippen MR) is 166 cm³/mol. The number of fused-ring (bicyclic) bond motifs is 1. The lowest BCUT2D eigenvalue weighted by molar-refractivity contribution is -0.143. The highest BCUT2D eigenvalue weighted by atomic mass is 35.5. The van der Waals surface area contributed by atoms with Gasteiger partial charge in [-0.25, -0.2) is 0 Å². The van der Waals surface area contributed by atoms with E-state index in [9.17, 15) is 14.7 Å². The molecule has 0 radical (unpaired) electrons. The highest BCUT2D eigenvalue weighted by Gasteiger charge is 2.36. The van der Waals surface area contributed by atoms with Crippen LogP contribution < -0.4 is 19.3 Å². The van der Waals surface area contributed by atoms with Crippen molar-refractivity contribution in [3.05, 3.63) is 82.4 Å². The normalized spacial score (nSPS) is 20.3. The Balaban J connectivity index is 1.44. The summed E-state index contributed by atoms with van der Waals surface area (Å²) in [7, 11) is 3.68. The van der Waals surface area contributed by atoms with Gasteiger partial charge in [0.25, 0.3) is 0 Å². The number of nitrogens with zero attached hydrogens (tertiary/aromatic N) is 2. The maximum absolute atomic E-state index is 13.8. The second-order valence-electron chi connectivity index (χ2n) is 11.7. The van der Waals surface area contributed by atoms with Crippen molar-refractivity contribution < 1.29 is 24.2 Å². The molecule has 42 heavy (non-hydrogen) atoms. The molecule has 1 heterocycles. The number of halogens is 1. The largest absolute Gasteiger partial charge is 0.493 e. The van der Waals surface area contributed by atoms with Gasteiger partial charge in [-0.15, -0.1) is 0 Å². The average Bonchev–Trinajstić information content (AvgIpc) is 2.97. The van der Waals surface area contributed by atoms with E-state index >= 15 is 0 Å². The monoisotopic (exact) mass is 590 g/mol. The van der Waals surface area contributed by atoms with Crippen LogP contribution in [0.25, 0.3) is 0 Å². The van der Waals surface area contributed by atoms with Gasteiger partial charge in [0, 0.05) is 30.0 Å². The lowest BCUT2D eigenvalue weighted by Gasteiger charge is -2.38. The van der Waals surface area contributed by atoms with Gasteiger partial charge < -0.3 is 24.4 Å². The summed E-state index contributed by atoms with van der Waals surface area (Å²) in [5.41, 5.74) is 4.73. The topological polar surface area (TPSA) is 79.3 Å². The first-order valence-electron chi connectivity index (χ1n) is 14.6. The van der Waals surface area contributed by atoms with Gasteiger partial charge in [0.15, 0.2) is 11.5 Å². The second-order valence-corrected chi connectivity index (χ2v) is 12.2. The maximum Gasteiger partial charge on any atom is 0.306 e. The lowest BCUT2D eigenvalue weighted by Crippen LogP contribution is -2.41. The molecule has 1 saturated carbocycles. The summed E-state index contributed by atoms with van der Waals surface area (Å²) in [5, 5.41) is 9.94. The number of carbonyl (C=O) groups excluding carboxylic acids is 1. The van der Waals surface area contributed by atoms with Crippen molar-refractivity contribution in [1.82, 2.24) is 0 Å². The first-order valence-corrected chi connectivity index (χ1v) is 15.0. The summed E-state index contributed by atoms with van der Waals surface area (Å²) >= 11 is 6.24. The highest BCUT2D eigenvalue weighted by molar-refractivity contribution is 6.30. The number of rotatable bonds is 9. The zero-order chi connectivity index (χ0) is 30.0. The molecular weight excluding hydrogens is 552 g/mol. The molecule has 1 aliphatic heterocycles. The molecule has 3 aromatic carbocycles. The van der Waals surface area contributed by atoms with E-state index < -0.39 is 5.97 Å². The summed E-state index contributed by atoms with van der Waals surface area (Å²) in [6, 6.07) is 19.3. The van der Waals surface area contributed by atoms with Crippen molar-refractivity contribution in [2.75, 3.05) is 30.5 Å². The van der Waals surface area contributed by atoms with Crippen LogP contribution in [-0.2, 0) is 16.0 Å². The van der Waals surface area contributed by atoms with Gasteiger partial charge >= 0.3 is 5.97 Å². The molecule has 8 heteroatoms. The van der Waals surface area contributed by atoms with Crippen LogP contribution in [0.15, 0.2) is 60.7 Å². The van der Waals surface area contributed by atoms with Crippen molar-refractivity contribution in [3.8, 4) is 11.5 Å². The van der Waals surface area contributed by atoms with Crippen molar-refractivity contribution in [3.63, 3.8) is 0 Å². The number of amides is 1. The Labute approximate surface area is 253 Å². The number of aliphatic carboxylic acids is 1. The summed E-state index contributed by atoms with van der Waals surface area (Å²) < 4.78 is 11.7. The molecule has 2 aliphatic rings. The third-order valence-electron chi connectivity index (χ3n) is 8.43. The molecule has 222 valence electrons. The molecule has 1 N–H and O–H groups in total. The van der Waals surface area contributed by atoms with Crippen LogP contribution in [0.5, 0.6) is 11.5 Å². The van der Waals surface area contributed by atoms with E-state index in [2.05, 4.69) is 24.1 Å². The Bertz CT molecular complexity index is 1420. The standard InChI is InChI=1S/C34H39ClN2O5/c1-21(2)42-31-19-29-25(17-30(31)41-4)18-32(38)37(33(29)23-9-11-26(35)12-10-23)28-15-13-27(14-16-28)36(3)20-22-5-7-24(8-6-22)34(39)40/h9-17,19,21-22,24,33H,5-8,18,20H2,1-4H3,(H,39,40)/t22-,24-,33-/m0/s1. The number of carboxylic acid groups (broad SMARTS) is 1. The zero-order valence-electron chi connectivity index (χ0n) is 24.7. The van der Waals surface area contributed by atoms with Gasteiger partial charge in [-0.05, 0) is 111 Å². The van der Waals surface area contributed by atoms with Gasteiger partial charge in [0.1, 0.15) is 0 Å². The molecular formula is C34H39ClN2O5. The predicted octanol–water partition coefficient (Wildman–Crippen LogP) is 7.14. The van der Waals surface area contributed by atoms with Crippen LogP contribution in [-0.4, -0.2) is 43.8 Å². The Morgan fingerprint density at radius 3 is 2.29 bits per heavy atom. The van der Waals surface area contributed by atoms with Crippen LogP contribution in [0.4, 0.5) is 11.4 Å². The number of ether oxygens (including phenoxy) is 2. The minimum atomic E-state index is -0.674. The Hall–Kier alpha value is -3.71. The molecule has 0 saturated heterocycles. The highest BCUT2D eigenvalue weighted by Crippen LogP contribution is 2.44. The lowest BCUT2D eigenvalue weighted by atomic mass is 9.82. The van der Waals surface area contributed by atoms with Crippen LogP contribution in [0, 0.1) is 11.8 Å². The molecule has 0 aromatic heterocycles. The van der Waals surface area contributed by atoms with Crippen molar-refractivity contribution >= 4 is 34.9 Å². The van der Waals surface area contributed by atoms with Crippen LogP contribution in [0.3, 0.4) is 0 Å². The van der Waals surface area contributed by atoms with E-state index in [0.29, 0.717) is 22.4 Å². The number of hydrogen-bond donors (Lipinski definition) is 1. The van der Waals surface area contributed by atoms with Crippen molar-refractivity contribution in [2.24, 2.45) is 11.8 Å². The summed E-state index contributed by atoms with van der Waals surface area (Å²) in [6.45, 7) is 4.82. The van der Waals surface area contributed by atoms with E-state index in [1.54, 1.807) is 7.11 Å². The summed E-state index contributed by atoms with van der Waals surface area (Å²) in [4.78, 5) is 29.2. The first-order chi connectivity index (χ1) is 20.1. The molecule has 0 spiro atoms. The molecule has 1 amide bonds. The number of carboxylic acids is 1. The zero-order valence-corrected chi connectivity index (χ0v) is 25.4. The molecule has 0 unspecified atom stereocenters. The third kappa shape index (κ3) is 6.36. The number of methoxy groups -OCH3 is 1. The fraction of sp³-hybridized carbons (Fsp3) is 0.412. The molecule has 5 rings (SSSR count). The van der Waals surface area contributed by atoms with Gasteiger partial charge in [0.05, 0.1) is 31.6 Å². The van der Waals surface area contributed by atoms with Crippen LogP contribution in [0.2, 0.25) is 5.02 Å². The van der Waals surface area contributed by atoms with Gasteiger partial charge in [-0.1, -0.05) is 23.7 Å². The number of benzene rings is 3. The van der Waals surface area contributed by atoms with Crippen molar-refractivity contribution in [2.45, 2.75) is 58.1 Å². The SMILES string of the molecule is COc1cc2c(cc1OC(C)C)[C@H](c1ccc(Cl)cc1)N(c1ccc(N(C)C[C@H]3CC[C@H](C(=O)O)CC3)cc1)C(=O)C2. The maximum atomic E-state index is 13.8. The van der Waals surface area contributed by atoms with E-state index in [-0.39, 0.29) is 30.4 Å².